The zero-order valence-corrected chi connectivity index (χ0v) is 16.3. The summed E-state index contributed by atoms with van der Waals surface area (Å²) >= 11 is 6.21. The Kier molecular flexibility index (Phi) is 6.56. The van der Waals surface area contributed by atoms with E-state index in [1.807, 2.05) is 43.3 Å². The third-order valence-electron chi connectivity index (χ3n) is 3.41. The van der Waals surface area contributed by atoms with Gasteiger partial charge in [-0.05, 0) is 36.8 Å². The van der Waals surface area contributed by atoms with E-state index < -0.39 is 0 Å². The Morgan fingerprint density at radius 2 is 1.92 bits per heavy atom. The number of benzene rings is 2. The van der Waals surface area contributed by atoms with Crippen molar-refractivity contribution in [3.8, 4) is 11.5 Å². The van der Waals surface area contributed by atoms with Crippen LogP contribution in [0.2, 0.25) is 5.02 Å². The zero-order chi connectivity index (χ0) is 16.2. The van der Waals surface area contributed by atoms with E-state index in [1.165, 1.54) is 5.56 Å². The van der Waals surface area contributed by atoms with Gasteiger partial charge in [0.05, 0.1) is 11.6 Å². The van der Waals surface area contributed by atoms with E-state index in [1.54, 1.807) is 0 Å². The van der Waals surface area contributed by atoms with Crippen molar-refractivity contribution in [3.05, 3.63) is 52.5 Å². The Morgan fingerprint density at radius 3 is 2.67 bits per heavy atom. The minimum atomic E-state index is 0. The minimum absolute atomic E-state index is 0. The number of hydrogen-bond donors (Lipinski definition) is 2. The van der Waals surface area contributed by atoms with Crippen LogP contribution in [-0.4, -0.2) is 19.2 Å². The monoisotopic (exact) mass is 459 g/mol. The van der Waals surface area contributed by atoms with Crippen molar-refractivity contribution in [2.24, 2.45) is 10.7 Å². The number of rotatable bonds is 3. The van der Waals surface area contributed by atoms with Crippen molar-refractivity contribution in [1.82, 2.24) is 0 Å². The molecule has 1 aliphatic heterocycles. The maximum atomic E-state index is 6.21. The van der Waals surface area contributed by atoms with Crippen LogP contribution in [-0.2, 0) is 6.54 Å². The maximum absolute atomic E-state index is 6.21. The molecule has 5 nitrogen and oxygen atoms in total. The fourth-order valence-electron chi connectivity index (χ4n) is 2.26. The summed E-state index contributed by atoms with van der Waals surface area (Å²) in [6.45, 7) is 3.47. The summed E-state index contributed by atoms with van der Waals surface area (Å²) in [6.07, 6.45) is 0. The number of ether oxygens (including phenoxy) is 2. The second kappa shape index (κ2) is 8.43. The lowest BCUT2D eigenvalue weighted by Gasteiger charge is -2.20. The molecular formula is C17H19ClIN3O2. The molecule has 0 aromatic heterocycles. The van der Waals surface area contributed by atoms with E-state index in [4.69, 9.17) is 26.8 Å². The lowest BCUT2D eigenvalue weighted by atomic mass is 10.2. The fraction of sp³-hybridized carbons (Fsp3) is 0.235. The lowest BCUT2D eigenvalue weighted by Crippen LogP contribution is -2.22. The molecule has 0 bridgehead atoms. The third-order valence-corrected chi connectivity index (χ3v) is 3.69. The third kappa shape index (κ3) is 4.67. The van der Waals surface area contributed by atoms with E-state index in [9.17, 15) is 0 Å². The highest BCUT2D eigenvalue weighted by Crippen LogP contribution is 2.38. The van der Waals surface area contributed by atoms with Crippen LogP contribution in [0.3, 0.4) is 0 Å². The van der Waals surface area contributed by atoms with Crippen molar-refractivity contribution in [1.29, 1.82) is 0 Å². The van der Waals surface area contributed by atoms with Crippen molar-refractivity contribution in [3.63, 3.8) is 0 Å². The largest absolute Gasteiger partial charge is 0.486 e. The SMILES string of the molecule is Cc1ccc(NC(N)=NCc2cc(Cl)c3c(c2)OCCO3)cc1.I. The average molecular weight is 460 g/mol. The first-order chi connectivity index (χ1) is 11.1. The molecule has 2 aromatic rings. The summed E-state index contributed by atoms with van der Waals surface area (Å²) in [5.41, 5.74) is 8.92. The molecule has 1 aliphatic rings. The number of fused-ring (bicyclic) bond motifs is 1. The van der Waals surface area contributed by atoms with Crippen LogP contribution in [0.15, 0.2) is 41.4 Å². The number of aryl methyl sites for hydroxylation is 1. The molecule has 0 saturated carbocycles. The van der Waals surface area contributed by atoms with Gasteiger partial charge >= 0.3 is 0 Å². The minimum Gasteiger partial charge on any atom is -0.486 e. The number of nitrogens with one attached hydrogen (secondary N) is 1. The summed E-state index contributed by atoms with van der Waals surface area (Å²) in [5.74, 6) is 1.59. The van der Waals surface area contributed by atoms with E-state index in [-0.39, 0.29) is 24.0 Å². The van der Waals surface area contributed by atoms with Crippen LogP contribution in [0.5, 0.6) is 11.5 Å². The van der Waals surface area contributed by atoms with Gasteiger partial charge in [0.2, 0.25) is 0 Å². The molecule has 0 spiro atoms. The second-order valence-electron chi connectivity index (χ2n) is 5.29. The number of hydrogen-bond acceptors (Lipinski definition) is 3. The number of aliphatic imine (C=N–C) groups is 1. The zero-order valence-electron chi connectivity index (χ0n) is 13.2. The average Bonchev–Trinajstić information content (AvgIpc) is 2.55. The Balaban J connectivity index is 0.00000208. The van der Waals surface area contributed by atoms with Gasteiger partial charge in [0, 0.05) is 5.69 Å². The van der Waals surface area contributed by atoms with Gasteiger partial charge in [-0.2, -0.15) is 0 Å². The van der Waals surface area contributed by atoms with Crippen LogP contribution >= 0.6 is 35.6 Å². The van der Waals surface area contributed by atoms with Gasteiger partial charge in [-0.1, -0.05) is 29.3 Å². The molecule has 0 unspecified atom stereocenters. The number of halogens is 2. The topological polar surface area (TPSA) is 68.9 Å². The second-order valence-corrected chi connectivity index (χ2v) is 5.70. The van der Waals surface area contributed by atoms with Gasteiger partial charge in [0.15, 0.2) is 17.5 Å². The molecule has 3 rings (SSSR count). The summed E-state index contributed by atoms with van der Waals surface area (Å²) < 4.78 is 11.0. The van der Waals surface area contributed by atoms with Crippen molar-refractivity contribution >= 4 is 47.2 Å². The van der Waals surface area contributed by atoms with Crippen molar-refractivity contribution < 1.29 is 9.47 Å². The fourth-order valence-corrected chi connectivity index (χ4v) is 2.54. The summed E-state index contributed by atoms with van der Waals surface area (Å²) in [5, 5.41) is 3.58. The van der Waals surface area contributed by atoms with Gasteiger partial charge in [0.25, 0.3) is 0 Å². The van der Waals surface area contributed by atoms with E-state index in [2.05, 4.69) is 10.3 Å². The standard InChI is InChI=1S/C17H18ClN3O2.HI/c1-11-2-4-13(5-3-11)21-17(19)20-10-12-8-14(18)16-15(9-12)22-6-7-23-16;/h2-5,8-9H,6-7,10H2,1H3,(H3,19,20,21);1H. The van der Waals surface area contributed by atoms with Crippen LogP contribution < -0.4 is 20.5 Å². The molecule has 3 N–H and O–H groups in total. The highest BCUT2D eigenvalue weighted by atomic mass is 127. The molecule has 0 atom stereocenters. The molecule has 0 aliphatic carbocycles. The van der Waals surface area contributed by atoms with E-state index in [0.717, 1.165) is 11.3 Å². The number of nitrogens with zero attached hydrogens (tertiary/aromatic N) is 1. The molecule has 0 fully saturated rings. The van der Waals surface area contributed by atoms with Crippen LogP contribution in [0.1, 0.15) is 11.1 Å². The number of guanidine groups is 1. The van der Waals surface area contributed by atoms with Crippen LogP contribution in [0.25, 0.3) is 0 Å². The summed E-state index contributed by atoms with van der Waals surface area (Å²) in [4.78, 5) is 4.33. The number of nitrogens with two attached hydrogens (primary N) is 1. The molecule has 0 radical (unpaired) electrons. The first kappa shape index (κ1) is 18.7. The maximum Gasteiger partial charge on any atom is 0.193 e. The Hall–Kier alpha value is -1.67. The van der Waals surface area contributed by atoms with Gasteiger partial charge < -0.3 is 20.5 Å². The molecule has 0 saturated heterocycles. The molecule has 24 heavy (non-hydrogen) atoms. The first-order valence-electron chi connectivity index (χ1n) is 7.33. The molecule has 2 aromatic carbocycles. The van der Waals surface area contributed by atoms with E-state index >= 15 is 0 Å². The molecular weight excluding hydrogens is 441 g/mol. The van der Waals surface area contributed by atoms with Gasteiger partial charge in [-0.3, -0.25) is 0 Å². The highest BCUT2D eigenvalue weighted by molar-refractivity contribution is 14.0. The van der Waals surface area contributed by atoms with Crippen molar-refractivity contribution in [2.75, 3.05) is 18.5 Å². The normalized spacial score (nSPS) is 13.2. The molecule has 128 valence electrons. The molecule has 1 heterocycles. The molecule has 0 amide bonds. The molecule has 7 heteroatoms. The quantitative estimate of drug-likeness (QED) is 0.414. The van der Waals surface area contributed by atoms with Gasteiger partial charge in [0.1, 0.15) is 13.2 Å². The smallest absolute Gasteiger partial charge is 0.193 e. The Bertz CT molecular complexity index is 735. The number of anilines is 1. The predicted octanol–water partition coefficient (Wildman–Crippen LogP) is 3.96. The predicted molar refractivity (Wildman–Crippen MR) is 108 cm³/mol. The highest BCUT2D eigenvalue weighted by Gasteiger charge is 2.16. The van der Waals surface area contributed by atoms with Crippen LogP contribution in [0, 0.1) is 6.92 Å². The lowest BCUT2D eigenvalue weighted by molar-refractivity contribution is 0.171. The van der Waals surface area contributed by atoms with Crippen molar-refractivity contribution in [2.45, 2.75) is 13.5 Å². The summed E-state index contributed by atoms with van der Waals surface area (Å²) in [6, 6.07) is 11.6. The van der Waals surface area contributed by atoms with Gasteiger partial charge in [-0.15, -0.1) is 24.0 Å². The Labute approximate surface area is 163 Å². The van der Waals surface area contributed by atoms with E-state index in [0.29, 0.717) is 42.2 Å². The van der Waals surface area contributed by atoms with Gasteiger partial charge in [-0.25, -0.2) is 4.99 Å². The van der Waals surface area contributed by atoms with Crippen LogP contribution in [0.4, 0.5) is 5.69 Å². The summed E-state index contributed by atoms with van der Waals surface area (Å²) in [7, 11) is 0. The Morgan fingerprint density at radius 1 is 1.21 bits per heavy atom. The first-order valence-corrected chi connectivity index (χ1v) is 7.71.